The van der Waals surface area contributed by atoms with E-state index in [0.29, 0.717) is 44.5 Å². The van der Waals surface area contributed by atoms with E-state index in [9.17, 15) is 4.79 Å². The Morgan fingerprint density at radius 2 is 1.82 bits per heavy atom. The van der Waals surface area contributed by atoms with E-state index >= 15 is 0 Å². The van der Waals surface area contributed by atoms with Crippen LogP contribution in [-0.4, -0.2) is 60.2 Å². The van der Waals surface area contributed by atoms with Crippen LogP contribution in [0.4, 0.5) is 5.82 Å². The first-order valence-corrected chi connectivity index (χ1v) is 9.77. The lowest BCUT2D eigenvalue weighted by Crippen LogP contribution is -2.49. The maximum absolute atomic E-state index is 12.4. The van der Waals surface area contributed by atoms with Gasteiger partial charge in [-0.2, -0.15) is 0 Å². The molecule has 150 valence electrons. The van der Waals surface area contributed by atoms with Crippen molar-refractivity contribution in [1.82, 2.24) is 14.9 Å². The number of nitrogens with zero attached hydrogens (tertiary/aromatic N) is 4. The van der Waals surface area contributed by atoms with Gasteiger partial charge in [0.05, 0.1) is 19.6 Å². The second-order valence-electron chi connectivity index (χ2n) is 7.20. The van der Waals surface area contributed by atoms with Crippen LogP contribution in [0.25, 0.3) is 0 Å². The highest BCUT2D eigenvalue weighted by Gasteiger charge is 2.22. The SMILES string of the molecule is CC(C)COc1cc(N2CCN(C(=O)CCOc3ccccc3)CC2)ncn1. The van der Waals surface area contributed by atoms with E-state index in [2.05, 4.69) is 28.7 Å². The molecule has 0 saturated carbocycles. The minimum Gasteiger partial charge on any atom is -0.493 e. The van der Waals surface area contributed by atoms with Crippen molar-refractivity contribution in [1.29, 1.82) is 0 Å². The zero-order chi connectivity index (χ0) is 19.8. The zero-order valence-corrected chi connectivity index (χ0v) is 16.6. The quantitative estimate of drug-likeness (QED) is 0.697. The topological polar surface area (TPSA) is 67.8 Å². The molecule has 0 spiro atoms. The summed E-state index contributed by atoms with van der Waals surface area (Å²) in [4.78, 5) is 25.0. The number of carbonyl (C=O) groups excluding carboxylic acids is 1. The van der Waals surface area contributed by atoms with Gasteiger partial charge in [0.25, 0.3) is 0 Å². The third-order valence-corrected chi connectivity index (χ3v) is 4.48. The fourth-order valence-corrected chi connectivity index (χ4v) is 2.95. The summed E-state index contributed by atoms with van der Waals surface area (Å²) in [5, 5.41) is 0. The third-order valence-electron chi connectivity index (χ3n) is 4.48. The van der Waals surface area contributed by atoms with E-state index in [1.54, 1.807) is 0 Å². The Morgan fingerprint density at radius 1 is 1.07 bits per heavy atom. The predicted molar refractivity (Wildman–Crippen MR) is 108 cm³/mol. The van der Waals surface area contributed by atoms with Crippen molar-refractivity contribution in [3.05, 3.63) is 42.7 Å². The molecule has 1 fully saturated rings. The first-order valence-electron chi connectivity index (χ1n) is 9.77. The maximum Gasteiger partial charge on any atom is 0.226 e. The minimum atomic E-state index is 0.124. The van der Waals surface area contributed by atoms with Gasteiger partial charge in [-0.25, -0.2) is 9.97 Å². The molecule has 28 heavy (non-hydrogen) atoms. The van der Waals surface area contributed by atoms with Crippen LogP contribution in [0.3, 0.4) is 0 Å². The summed E-state index contributed by atoms with van der Waals surface area (Å²) in [6.07, 6.45) is 1.92. The van der Waals surface area contributed by atoms with Gasteiger partial charge < -0.3 is 19.3 Å². The van der Waals surface area contributed by atoms with Crippen LogP contribution in [0.15, 0.2) is 42.7 Å². The summed E-state index contributed by atoms with van der Waals surface area (Å²) in [6, 6.07) is 11.4. The van der Waals surface area contributed by atoms with Crippen LogP contribution < -0.4 is 14.4 Å². The Balaban J connectivity index is 1.43. The molecule has 0 aliphatic carbocycles. The summed E-state index contributed by atoms with van der Waals surface area (Å²) in [6.45, 7) is 8.06. The minimum absolute atomic E-state index is 0.124. The Kier molecular flexibility index (Phi) is 7.06. The smallest absolute Gasteiger partial charge is 0.226 e. The van der Waals surface area contributed by atoms with Crippen LogP contribution in [0, 0.1) is 5.92 Å². The Morgan fingerprint density at radius 3 is 2.54 bits per heavy atom. The van der Waals surface area contributed by atoms with Gasteiger partial charge >= 0.3 is 0 Å². The lowest BCUT2D eigenvalue weighted by molar-refractivity contribution is -0.132. The molecule has 1 aliphatic heterocycles. The normalized spacial score (nSPS) is 14.2. The van der Waals surface area contributed by atoms with Gasteiger partial charge in [0.2, 0.25) is 11.8 Å². The van der Waals surface area contributed by atoms with Gasteiger partial charge in [-0.15, -0.1) is 0 Å². The summed E-state index contributed by atoms with van der Waals surface area (Å²) in [5.74, 6) is 2.79. The Hall–Kier alpha value is -2.83. The molecule has 0 unspecified atom stereocenters. The number of benzene rings is 1. The number of rotatable bonds is 8. The van der Waals surface area contributed by atoms with Crippen LogP contribution in [0.5, 0.6) is 11.6 Å². The summed E-state index contributed by atoms with van der Waals surface area (Å²) >= 11 is 0. The van der Waals surface area contributed by atoms with Gasteiger partial charge in [-0.1, -0.05) is 32.0 Å². The van der Waals surface area contributed by atoms with E-state index in [-0.39, 0.29) is 5.91 Å². The van der Waals surface area contributed by atoms with Crippen LogP contribution in [0.1, 0.15) is 20.3 Å². The first kappa shape index (κ1) is 19.9. The van der Waals surface area contributed by atoms with Crippen molar-refractivity contribution in [2.24, 2.45) is 5.92 Å². The van der Waals surface area contributed by atoms with E-state index in [1.807, 2.05) is 41.3 Å². The number of amides is 1. The molecule has 0 bridgehead atoms. The average Bonchev–Trinajstić information content (AvgIpc) is 2.73. The third kappa shape index (κ3) is 5.84. The fraction of sp³-hybridized carbons (Fsp3) is 0.476. The summed E-state index contributed by atoms with van der Waals surface area (Å²) in [7, 11) is 0. The number of para-hydroxylation sites is 1. The molecule has 2 heterocycles. The molecule has 2 aromatic rings. The zero-order valence-electron chi connectivity index (χ0n) is 16.6. The maximum atomic E-state index is 12.4. The monoisotopic (exact) mass is 384 g/mol. The van der Waals surface area contributed by atoms with Crippen LogP contribution in [-0.2, 0) is 4.79 Å². The van der Waals surface area contributed by atoms with E-state index in [4.69, 9.17) is 9.47 Å². The fourth-order valence-electron chi connectivity index (χ4n) is 2.95. The van der Waals surface area contributed by atoms with Crippen molar-refractivity contribution in [2.75, 3.05) is 44.3 Å². The van der Waals surface area contributed by atoms with Gasteiger partial charge in [0.15, 0.2) is 0 Å². The number of hydrogen-bond acceptors (Lipinski definition) is 6. The summed E-state index contributed by atoms with van der Waals surface area (Å²) in [5.41, 5.74) is 0. The Bertz CT molecular complexity index is 746. The molecule has 1 saturated heterocycles. The highest BCUT2D eigenvalue weighted by molar-refractivity contribution is 5.76. The molecule has 3 rings (SSSR count). The highest BCUT2D eigenvalue weighted by atomic mass is 16.5. The molecule has 0 N–H and O–H groups in total. The van der Waals surface area contributed by atoms with Crippen molar-refractivity contribution in [3.8, 4) is 11.6 Å². The van der Waals surface area contributed by atoms with Crippen molar-refractivity contribution >= 4 is 11.7 Å². The Labute approximate surface area is 166 Å². The number of carbonyl (C=O) groups is 1. The lowest BCUT2D eigenvalue weighted by Gasteiger charge is -2.35. The molecule has 0 radical (unpaired) electrons. The number of ether oxygens (including phenoxy) is 2. The van der Waals surface area contributed by atoms with Gasteiger partial charge in [-0.3, -0.25) is 4.79 Å². The second kappa shape index (κ2) is 9.92. The van der Waals surface area contributed by atoms with Crippen LogP contribution >= 0.6 is 0 Å². The van der Waals surface area contributed by atoms with E-state index in [0.717, 1.165) is 24.7 Å². The summed E-state index contributed by atoms with van der Waals surface area (Å²) < 4.78 is 11.3. The number of hydrogen-bond donors (Lipinski definition) is 0. The molecule has 1 aromatic carbocycles. The van der Waals surface area contributed by atoms with Gasteiger partial charge in [-0.05, 0) is 18.1 Å². The number of piperazine rings is 1. The van der Waals surface area contributed by atoms with Crippen molar-refractivity contribution in [3.63, 3.8) is 0 Å². The molecule has 7 heteroatoms. The molecular formula is C21H28N4O3. The molecule has 1 aromatic heterocycles. The number of aromatic nitrogens is 2. The van der Waals surface area contributed by atoms with Gasteiger partial charge in [0, 0.05) is 32.2 Å². The average molecular weight is 384 g/mol. The molecule has 1 aliphatic rings. The number of anilines is 1. The highest BCUT2D eigenvalue weighted by Crippen LogP contribution is 2.18. The van der Waals surface area contributed by atoms with E-state index in [1.165, 1.54) is 6.33 Å². The first-order chi connectivity index (χ1) is 13.6. The molecule has 0 atom stereocenters. The standard InChI is InChI=1S/C21H28N4O3/c1-17(2)15-28-20-14-19(22-16-23-20)24-9-11-25(12-10-24)21(26)8-13-27-18-6-4-3-5-7-18/h3-7,14,16-17H,8-13,15H2,1-2H3. The predicted octanol–water partition coefficient (Wildman–Crippen LogP) is 2.63. The van der Waals surface area contributed by atoms with Gasteiger partial charge in [0.1, 0.15) is 17.9 Å². The molecule has 7 nitrogen and oxygen atoms in total. The van der Waals surface area contributed by atoms with Crippen molar-refractivity contribution < 1.29 is 14.3 Å². The second-order valence-corrected chi connectivity index (χ2v) is 7.20. The van der Waals surface area contributed by atoms with Crippen molar-refractivity contribution in [2.45, 2.75) is 20.3 Å². The molecular weight excluding hydrogens is 356 g/mol. The van der Waals surface area contributed by atoms with Crippen LogP contribution in [0.2, 0.25) is 0 Å². The lowest BCUT2D eigenvalue weighted by atomic mass is 10.2. The largest absolute Gasteiger partial charge is 0.493 e. The van der Waals surface area contributed by atoms with E-state index < -0.39 is 0 Å². The molecule has 1 amide bonds.